The molecular weight excluding hydrogens is 370 g/mol. The van der Waals surface area contributed by atoms with E-state index < -0.39 is 5.03 Å². The number of hydrogen-bond donors (Lipinski definition) is 2. The summed E-state index contributed by atoms with van der Waals surface area (Å²) < 4.78 is 0. The van der Waals surface area contributed by atoms with Gasteiger partial charge in [-0.1, -0.05) is 17.6 Å². The number of aromatic nitrogens is 2. The Hall–Kier alpha value is -3.07. The largest absolute Gasteiger partial charge is 0.339 e. The molecule has 0 bridgehead atoms. The third-order valence-electron chi connectivity index (χ3n) is 5.44. The van der Waals surface area contributed by atoms with Crippen molar-refractivity contribution < 1.29 is 5.03 Å². The van der Waals surface area contributed by atoms with E-state index in [0.29, 0.717) is 13.1 Å². The number of hydrazine groups is 1. The van der Waals surface area contributed by atoms with E-state index in [4.69, 9.17) is 5.41 Å². The first-order valence-corrected chi connectivity index (χ1v) is 9.73. The van der Waals surface area contributed by atoms with E-state index in [1.807, 2.05) is 30.0 Å². The highest BCUT2D eigenvalue weighted by molar-refractivity contribution is 5.75. The predicted octanol–water partition coefficient (Wildman–Crippen LogP) is 2.28. The summed E-state index contributed by atoms with van der Waals surface area (Å²) in [4.78, 5) is 23.8. The van der Waals surface area contributed by atoms with Crippen molar-refractivity contribution in [3.63, 3.8) is 0 Å². The second-order valence-corrected chi connectivity index (χ2v) is 7.37. The second-order valence-electron chi connectivity index (χ2n) is 7.37. The fraction of sp³-hybridized carbons (Fsp3) is 0.450. The van der Waals surface area contributed by atoms with Gasteiger partial charge in [-0.05, 0) is 49.9 Å². The zero-order chi connectivity index (χ0) is 20.8. The number of aryl methyl sites for hydroxylation is 2. The Kier molecular flexibility index (Phi) is 6.71. The van der Waals surface area contributed by atoms with Crippen molar-refractivity contribution in [2.45, 2.75) is 45.8 Å². The topological polar surface area (TPSA) is 111 Å². The molecule has 3 heterocycles. The fourth-order valence-corrected chi connectivity index (χ4v) is 3.68. The normalized spacial score (nSPS) is 14.8. The quantitative estimate of drug-likeness (QED) is 0.333. The van der Waals surface area contributed by atoms with Crippen LogP contribution in [0.25, 0.3) is 0 Å². The summed E-state index contributed by atoms with van der Waals surface area (Å²) in [6.07, 6.45) is 5.28. The zero-order valence-electron chi connectivity index (χ0n) is 16.8. The number of nitrogens with zero attached hydrogens (tertiary/aromatic N) is 5. The molecule has 9 nitrogen and oxygen atoms in total. The molecule has 0 aliphatic carbocycles. The second kappa shape index (κ2) is 9.42. The van der Waals surface area contributed by atoms with Gasteiger partial charge in [-0.25, -0.2) is 10.1 Å². The van der Waals surface area contributed by atoms with Gasteiger partial charge < -0.3 is 4.90 Å². The first kappa shape index (κ1) is 20.7. The molecule has 1 saturated heterocycles. The van der Waals surface area contributed by atoms with Crippen molar-refractivity contribution in [1.82, 2.24) is 25.2 Å². The molecule has 0 spiro atoms. The SMILES string of the molecule is Cc1cccnc1CN(Cc1ncccc1C)C1CCN(C(=N)N[N+](=O)[O-])CC1. The maximum Gasteiger partial charge on any atom is 0.254 e. The van der Waals surface area contributed by atoms with Gasteiger partial charge in [0.1, 0.15) is 0 Å². The highest BCUT2D eigenvalue weighted by Gasteiger charge is 2.28. The van der Waals surface area contributed by atoms with Crippen LogP contribution in [0.1, 0.15) is 35.4 Å². The van der Waals surface area contributed by atoms with Crippen molar-refractivity contribution in [2.75, 3.05) is 13.1 Å². The molecule has 1 fully saturated rings. The Balaban J connectivity index is 1.73. The number of pyridine rings is 2. The van der Waals surface area contributed by atoms with Gasteiger partial charge in [0.2, 0.25) is 0 Å². The molecule has 29 heavy (non-hydrogen) atoms. The van der Waals surface area contributed by atoms with Crippen LogP contribution in [0.3, 0.4) is 0 Å². The van der Waals surface area contributed by atoms with Gasteiger partial charge in [-0.15, -0.1) is 0 Å². The Labute approximate surface area is 170 Å². The number of likely N-dealkylation sites (tertiary alicyclic amines) is 1. The lowest BCUT2D eigenvalue weighted by Gasteiger charge is -2.38. The molecular formula is C20H27N7O2. The summed E-state index contributed by atoms with van der Waals surface area (Å²) in [5.41, 5.74) is 6.36. The van der Waals surface area contributed by atoms with Gasteiger partial charge in [0.15, 0.2) is 5.03 Å². The fourth-order valence-electron chi connectivity index (χ4n) is 3.68. The molecule has 0 aromatic carbocycles. The number of piperidine rings is 1. The van der Waals surface area contributed by atoms with Crippen LogP contribution in [0.5, 0.6) is 0 Å². The van der Waals surface area contributed by atoms with Gasteiger partial charge in [-0.3, -0.25) is 20.3 Å². The molecule has 2 aromatic rings. The summed E-state index contributed by atoms with van der Waals surface area (Å²) in [6.45, 7) is 6.78. The molecule has 9 heteroatoms. The van der Waals surface area contributed by atoms with Gasteiger partial charge in [0, 0.05) is 44.6 Å². The molecule has 0 radical (unpaired) electrons. The maximum atomic E-state index is 10.6. The molecule has 2 aromatic heterocycles. The zero-order valence-corrected chi connectivity index (χ0v) is 16.8. The third kappa shape index (κ3) is 5.47. The average Bonchev–Trinajstić information content (AvgIpc) is 2.70. The summed E-state index contributed by atoms with van der Waals surface area (Å²) in [5, 5.41) is 17.8. The van der Waals surface area contributed by atoms with Gasteiger partial charge in [-0.2, -0.15) is 0 Å². The van der Waals surface area contributed by atoms with Crippen LogP contribution < -0.4 is 5.43 Å². The van der Waals surface area contributed by atoms with E-state index in [9.17, 15) is 10.1 Å². The molecule has 1 aliphatic rings. The van der Waals surface area contributed by atoms with Crippen LogP contribution in [0, 0.1) is 29.4 Å². The van der Waals surface area contributed by atoms with E-state index in [1.165, 1.54) is 0 Å². The molecule has 0 saturated carbocycles. The van der Waals surface area contributed by atoms with Gasteiger partial charge >= 0.3 is 0 Å². The Morgan fingerprint density at radius 2 is 1.69 bits per heavy atom. The highest BCUT2D eigenvalue weighted by Crippen LogP contribution is 2.22. The summed E-state index contributed by atoms with van der Waals surface area (Å²) >= 11 is 0. The number of guanidine groups is 1. The van der Waals surface area contributed by atoms with Crippen LogP contribution in [0.15, 0.2) is 36.7 Å². The monoisotopic (exact) mass is 397 g/mol. The number of hydrogen-bond acceptors (Lipinski definition) is 6. The number of rotatable bonds is 6. The lowest BCUT2D eigenvalue weighted by Crippen LogP contribution is -2.50. The minimum absolute atomic E-state index is 0.152. The minimum Gasteiger partial charge on any atom is -0.339 e. The van der Waals surface area contributed by atoms with E-state index in [0.717, 1.165) is 48.4 Å². The standard InChI is InChI=1S/C20H27N7O2/c1-15-5-3-9-22-18(15)13-26(14-19-16(2)6-4-10-23-19)17-7-11-25(12-8-17)20(21)24-27(28)29/h3-6,9-10,17H,7-8,11-14H2,1-2H3,(H2,21,24). The first-order valence-electron chi connectivity index (χ1n) is 9.73. The molecule has 0 unspecified atom stereocenters. The van der Waals surface area contributed by atoms with Crippen molar-refractivity contribution in [3.8, 4) is 0 Å². The molecule has 1 aliphatic heterocycles. The van der Waals surface area contributed by atoms with E-state index in [-0.39, 0.29) is 12.0 Å². The van der Waals surface area contributed by atoms with Gasteiger partial charge in [0.05, 0.1) is 11.4 Å². The van der Waals surface area contributed by atoms with Crippen molar-refractivity contribution in [1.29, 1.82) is 5.41 Å². The Morgan fingerprint density at radius 1 is 1.17 bits per heavy atom. The molecule has 154 valence electrons. The van der Waals surface area contributed by atoms with Crippen LogP contribution in [0.2, 0.25) is 0 Å². The molecule has 2 N–H and O–H groups in total. The third-order valence-corrected chi connectivity index (χ3v) is 5.44. The Bertz CT molecular complexity index is 818. The van der Waals surface area contributed by atoms with E-state index >= 15 is 0 Å². The maximum absolute atomic E-state index is 10.6. The van der Waals surface area contributed by atoms with Gasteiger partial charge in [0.25, 0.3) is 5.96 Å². The van der Waals surface area contributed by atoms with Crippen LogP contribution >= 0.6 is 0 Å². The van der Waals surface area contributed by atoms with E-state index in [2.05, 4.69) is 40.8 Å². The lowest BCUT2D eigenvalue weighted by molar-refractivity contribution is -0.526. The number of nitro groups is 1. The van der Waals surface area contributed by atoms with Crippen molar-refractivity contribution in [2.24, 2.45) is 0 Å². The number of nitrogens with one attached hydrogen (secondary N) is 2. The smallest absolute Gasteiger partial charge is 0.254 e. The average molecular weight is 397 g/mol. The van der Waals surface area contributed by atoms with Crippen molar-refractivity contribution in [3.05, 3.63) is 69.3 Å². The van der Waals surface area contributed by atoms with Crippen LogP contribution in [-0.2, 0) is 13.1 Å². The van der Waals surface area contributed by atoms with E-state index in [1.54, 1.807) is 4.90 Å². The Morgan fingerprint density at radius 3 is 2.14 bits per heavy atom. The predicted molar refractivity (Wildman–Crippen MR) is 110 cm³/mol. The highest BCUT2D eigenvalue weighted by atomic mass is 16.7. The van der Waals surface area contributed by atoms with Crippen molar-refractivity contribution >= 4 is 5.96 Å². The van der Waals surface area contributed by atoms with Crippen LogP contribution in [0.4, 0.5) is 0 Å². The molecule has 3 rings (SSSR count). The van der Waals surface area contributed by atoms with Crippen LogP contribution in [-0.4, -0.2) is 49.9 Å². The molecule has 0 amide bonds. The summed E-state index contributed by atoms with van der Waals surface area (Å²) in [6, 6.07) is 8.31. The summed E-state index contributed by atoms with van der Waals surface area (Å²) in [7, 11) is 0. The summed E-state index contributed by atoms with van der Waals surface area (Å²) in [5.74, 6) is -0.152. The minimum atomic E-state index is -0.686. The first-order chi connectivity index (χ1) is 13.9. The lowest BCUT2D eigenvalue weighted by atomic mass is 10.0. The molecule has 0 atom stereocenters.